The van der Waals surface area contributed by atoms with Crippen molar-refractivity contribution in [3.8, 4) is 0 Å². The molecular formula is C9H14Cl3NO4. The maximum atomic E-state index is 11.3. The number of carboxylic acids is 1. The summed E-state index contributed by atoms with van der Waals surface area (Å²) >= 11 is 16.0. The number of carbonyl (C=O) groups is 2. The van der Waals surface area contributed by atoms with Crippen LogP contribution in [-0.4, -0.2) is 54.0 Å². The predicted octanol–water partition coefficient (Wildman–Crippen LogP) is 0.115. The Bertz CT molecular complexity index is 296. The topological polar surface area (TPSA) is 66.4 Å². The fourth-order valence-corrected chi connectivity index (χ4v) is 1.29. The van der Waals surface area contributed by atoms with Crippen LogP contribution in [0.4, 0.5) is 0 Å². The maximum absolute atomic E-state index is 11.3. The molecule has 0 rings (SSSR count). The molecule has 0 saturated carbocycles. The van der Waals surface area contributed by atoms with E-state index in [1.807, 2.05) is 21.1 Å². The van der Waals surface area contributed by atoms with E-state index < -0.39 is 28.3 Å². The van der Waals surface area contributed by atoms with Gasteiger partial charge in [-0.05, 0) is 0 Å². The third-order valence-corrected chi connectivity index (χ3v) is 2.11. The summed E-state index contributed by atoms with van der Waals surface area (Å²) in [6.07, 6.45) is -1.34. The van der Waals surface area contributed by atoms with Gasteiger partial charge in [-0.15, -0.1) is 0 Å². The first kappa shape index (κ1) is 16.8. The van der Waals surface area contributed by atoms with Gasteiger partial charge in [0.15, 0.2) is 6.10 Å². The second kappa shape index (κ2) is 6.09. The van der Waals surface area contributed by atoms with Crippen molar-refractivity contribution in [1.82, 2.24) is 0 Å². The van der Waals surface area contributed by atoms with E-state index in [1.54, 1.807) is 0 Å². The number of ether oxygens (including phenoxy) is 1. The van der Waals surface area contributed by atoms with Gasteiger partial charge >= 0.3 is 5.97 Å². The molecule has 0 amide bonds. The number of carbonyl (C=O) groups excluding carboxylic acids is 2. The highest BCUT2D eigenvalue weighted by Crippen LogP contribution is 2.28. The third-order valence-electron chi connectivity index (χ3n) is 1.65. The summed E-state index contributed by atoms with van der Waals surface area (Å²) in [7, 11) is 5.43. The maximum Gasteiger partial charge on any atom is 0.359 e. The van der Waals surface area contributed by atoms with Gasteiger partial charge < -0.3 is 19.1 Å². The zero-order valence-corrected chi connectivity index (χ0v) is 12.0. The summed E-state index contributed by atoms with van der Waals surface area (Å²) in [5.41, 5.74) is 0. The molecule has 5 nitrogen and oxygen atoms in total. The fraction of sp³-hybridized carbons (Fsp3) is 0.778. The molecule has 8 heteroatoms. The quantitative estimate of drug-likeness (QED) is 0.411. The van der Waals surface area contributed by atoms with Gasteiger partial charge in [-0.2, -0.15) is 0 Å². The Morgan fingerprint density at radius 2 is 1.76 bits per heavy atom. The number of carboxylic acid groups (broad SMARTS) is 1. The second-order valence-electron chi connectivity index (χ2n) is 4.57. The van der Waals surface area contributed by atoms with Crippen molar-refractivity contribution in [3.63, 3.8) is 0 Å². The van der Waals surface area contributed by atoms with E-state index >= 15 is 0 Å². The largest absolute Gasteiger partial charge is 0.550 e. The minimum atomic E-state index is -2.21. The van der Waals surface area contributed by atoms with Crippen LogP contribution in [0, 0.1) is 0 Å². The molecule has 0 radical (unpaired) electrons. The Balaban J connectivity index is 4.60. The Labute approximate surface area is 115 Å². The van der Waals surface area contributed by atoms with E-state index in [9.17, 15) is 14.7 Å². The molecule has 0 aliphatic rings. The Morgan fingerprint density at radius 1 is 1.29 bits per heavy atom. The third kappa shape index (κ3) is 8.49. The molecule has 0 aromatic heterocycles. The number of hydrogen-bond donors (Lipinski definition) is 0. The SMILES string of the molecule is C[N+](C)(C)C[C@@H](CC(=O)[O-])OC(=O)C(Cl)(Cl)Cl. The Kier molecular flexibility index (Phi) is 6.01. The number of esters is 1. The molecule has 0 heterocycles. The van der Waals surface area contributed by atoms with Crippen LogP contribution < -0.4 is 5.11 Å². The zero-order chi connectivity index (χ0) is 13.9. The summed E-state index contributed by atoms with van der Waals surface area (Å²) < 4.78 is 3.01. The van der Waals surface area contributed by atoms with E-state index in [0.717, 1.165) is 0 Å². The van der Waals surface area contributed by atoms with Gasteiger partial charge in [-0.25, -0.2) is 4.79 Å². The molecule has 1 atom stereocenters. The van der Waals surface area contributed by atoms with Gasteiger partial charge in [-0.3, -0.25) is 0 Å². The Hall–Kier alpha value is -0.230. The predicted molar refractivity (Wildman–Crippen MR) is 62.7 cm³/mol. The average molecular weight is 307 g/mol. The molecule has 0 fully saturated rings. The van der Waals surface area contributed by atoms with Gasteiger partial charge in [0, 0.05) is 12.4 Å². The normalized spacial score (nSPS) is 14.2. The summed E-state index contributed by atoms with van der Waals surface area (Å²) in [6.45, 7) is 0.264. The van der Waals surface area contributed by atoms with Crippen LogP contribution in [0.15, 0.2) is 0 Å². The smallest absolute Gasteiger partial charge is 0.359 e. The zero-order valence-electron chi connectivity index (χ0n) is 9.71. The van der Waals surface area contributed by atoms with Crippen LogP contribution >= 0.6 is 34.8 Å². The number of quaternary nitrogens is 1. The molecule has 0 bridgehead atoms. The lowest BCUT2D eigenvalue weighted by Crippen LogP contribution is -2.46. The van der Waals surface area contributed by atoms with E-state index in [0.29, 0.717) is 4.48 Å². The first-order valence-electron chi connectivity index (χ1n) is 4.70. The van der Waals surface area contributed by atoms with Gasteiger partial charge in [0.05, 0.1) is 21.1 Å². The number of alkyl halides is 3. The lowest BCUT2D eigenvalue weighted by atomic mass is 10.2. The molecule has 0 unspecified atom stereocenters. The minimum absolute atomic E-state index is 0.264. The molecule has 0 N–H and O–H groups in total. The first-order chi connectivity index (χ1) is 7.42. The highest BCUT2D eigenvalue weighted by Gasteiger charge is 2.35. The standard InChI is InChI=1S/C9H14Cl3NO4/c1-13(2,3)5-6(4-7(14)15)17-8(16)9(10,11)12/h6H,4-5H2,1-3H3/t6-/m1/s1. The number of nitrogens with zero attached hydrogens (tertiary/aromatic N) is 1. The molecule has 0 saturated heterocycles. The van der Waals surface area contributed by atoms with Crippen LogP contribution in [0.3, 0.4) is 0 Å². The first-order valence-corrected chi connectivity index (χ1v) is 5.83. The average Bonchev–Trinajstić information content (AvgIpc) is 1.96. The second-order valence-corrected chi connectivity index (χ2v) is 6.86. The Morgan fingerprint density at radius 3 is 2.06 bits per heavy atom. The van der Waals surface area contributed by atoms with Crippen molar-refractivity contribution in [3.05, 3.63) is 0 Å². The molecule has 0 spiro atoms. The van der Waals surface area contributed by atoms with Crippen molar-refractivity contribution in [2.75, 3.05) is 27.7 Å². The van der Waals surface area contributed by atoms with Gasteiger partial charge in [0.2, 0.25) is 0 Å². The highest BCUT2D eigenvalue weighted by molar-refractivity contribution is 6.75. The van der Waals surface area contributed by atoms with Crippen LogP contribution in [0.2, 0.25) is 0 Å². The van der Waals surface area contributed by atoms with Gasteiger partial charge in [0.1, 0.15) is 6.54 Å². The van der Waals surface area contributed by atoms with Crippen molar-refractivity contribution in [1.29, 1.82) is 0 Å². The molecule has 100 valence electrons. The molecule has 0 aliphatic carbocycles. The summed E-state index contributed by atoms with van der Waals surface area (Å²) in [5.74, 6) is -2.43. The lowest BCUT2D eigenvalue weighted by Gasteiger charge is -2.29. The number of hydrogen-bond acceptors (Lipinski definition) is 4. The monoisotopic (exact) mass is 305 g/mol. The fourth-order valence-electron chi connectivity index (χ4n) is 1.16. The summed E-state index contributed by atoms with van der Waals surface area (Å²) in [4.78, 5) is 21.8. The number of rotatable bonds is 5. The van der Waals surface area contributed by atoms with Gasteiger partial charge in [-0.1, -0.05) is 34.8 Å². The van der Waals surface area contributed by atoms with Crippen LogP contribution in [-0.2, 0) is 14.3 Å². The summed E-state index contributed by atoms with van der Waals surface area (Å²) in [6, 6.07) is 0. The van der Waals surface area contributed by atoms with E-state index in [-0.39, 0.29) is 6.54 Å². The van der Waals surface area contributed by atoms with Crippen LogP contribution in [0.25, 0.3) is 0 Å². The van der Waals surface area contributed by atoms with E-state index in [4.69, 9.17) is 39.5 Å². The van der Waals surface area contributed by atoms with Crippen molar-refractivity contribution in [2.45, 2.75) is 16.3 Å². The number of likely N-dealkylation sites (N-methyl/N-ethyl adjacent to an activating group) is 1. The minimum Gasteiger partial charge on any atom is -0.550 e. The van der Waals surface area contributed by atoms with Crippen molar-refractivity contribution < 1.29 is 23.9 Å². The van der Waals surface area contributed by atoms with Crippen LogP contribution in [0.5, 0.6) is 0 Å². The summed E-state index contributed by atoms with van der Waals surface area (Å²) in [5, 5.41) is 10.5. The molecule has 17 heavy (non-hydrogen) atoms. The van der Waals surface area contributed by atoms with E-state index in [2.05, 4.69) is 0 Å². The van der Waals surface area contributed by atoms with Crippen LogP contribution in [0.1, 0.15) is 6.42 Å². The number of aliphatic carboxylic acids is 1. The van der Waals surface area contributed by atoms with E-state index in [1.165, 1.54) is 0 Å². The van der Waals surface area contributed by atoms with Gasteiger partial charge in [0.25, 0.3) is 3.79 Å². The molecule has 0 aromatic carbocycles. The molecule has 0 aromatic rings. The van der Waals surface area contributed by atoms with Crippen molar-refractivity contribution in [2.24, 2.45) is 0 Å². The number of halogens is 3. The molecule has 0 aliphatic heterocycles. The molecular weight excluding hydrogens is 292 g/mol. The van der Waals surface area contributed by atoms with Crippen molar-refractivity contribution >= 4 is 46.7 Å². The highest BCUT2D eigenvalue weighted by atomic mass is 35.6. The lowest BCUT2D eigenvalue weighted by molar-refractivity contribution is -0.873.